The highest BCUT2D eigenvalue weighted by molar-refractivity contribution is 6.05. The SMILES string of the molecule is [2H]C([2H])([2H])c1nc2cccc(N)c2c(=O)n1[C@@]1(C([2H])([2H])[2H])C(=O)CC(=O)C([2H])([2H])C1([2H])[2H]. The molecule has 1 heterocycles. The molecule has 1 aromatic heterocycles. The summed E-state index contributed by atoms with van der Waals surface area (Å²) in [5.74, 6) is -4.46. The van der Waals surface area contributed by atoms with Crippen molar-refractivity contribution >= 4 is 28.2 Å². The second-order valence-electron chi connectivity index (χ2n) is 4.80. The minimum absolute atomic E-state index is 0.127. The molecule has 1 aliphatic rings. The van der Waals surface area contributed by atoms with Crippen LogP contribution in [0.4, 0.5) is 5.69 Å². The van der Waals surface area contributed by atoms with E-state index in [2.05, 4.69) is 4.98 Å². The van der Waals surface area contributed by atoms with Gasteiger partial charge in [-0.1, -0.05) is 6.07 Å². The molecular formula is C16H17N3O3. The van der Waals surface area contributed by atoms with E-state index in [0.29, 0.717) is 0 Å². The first-order valence-electron chi connectivity index (χ1n) is 11.2. The second kappa shape index (κ2) is 4.76. The molecule has 6 nitrogen and oxygen atoms in total. The molecular weight excluding hydrogens is 282 g/mol. The highest BCUT2D eigenvalue weighted by Gasteiger charge is 2.41. The minimum Gasteiger partial charge on any atom is -0.398 e. The summed E-state index contributed by atoms with van der Waals surface area (Å²) in [6.45, 7) is -7.15. The van der Waals surface area contributed by atoms with Crippen LogP contribution in [0.15, 0.2) is 23.0 Å². The molecule has 1 atom stereocenters. The summed E-state index contributed by atoms with van der Waals surface area (Å²) in [5.41, 5.74) is 0.118. The number of carbonyl (C=O) groups is 2. The Kier molecular flexibility index (Phi) is 1.46. The van der Waals surface area contributed by atoms with Gasteiger partial charge in [-0.05, 0) is 32.2 Å². The Hall–Kier alpha value is -2.50. The van der Waals surface area contributed by atoms with E-state index in [4.69, 9.17) is 19.4 Å². The van der Waals surface area contributed by atoms with Gasteiger partial charge in [0.1, 0.15) is 17.1 Å². The fourth-order valence-corrected chi connectivity index (χ4v) is 2.30. The average molecular weight is 309 g/mol. The van der Waals surface area contributed by atoms with Crippen molar-refractivity contribution in [3.8, 4) is 0 Å². The van der Waals surface area contributed by atoms with E-state index in [1.165, 1.54) is 18.2 Å². The van der Waals surface area contributed by atoms with Gasteiger partial charge in [0.25, 0.3) is 5.56 Å². The van der Waals surface area contributed by atoms with Gasteiger partial charge >= 0.3 is 0 Å². The minimum atomic E-state index is -3.87. The van der Waals surface area contributed by atoms with Gasteiger partial charge in [-0.2, -0.15) is 0 Å². The zero-order chi connectivity index (χ0) is 24.7. The summed E-state index contributed by atoms with van der Waals surface area (Å²) < 4.78 is 79.8. The predicted octanol–water partition coefficient (Wildman–Crippen LogP) is 1.32. The van der Waals surface area contributed by atoms with E-state index in [1.54, 1.807) is 0 Å². The van der Waals surface area contributed by atoms with E-state index >= 15 is 0 Å². The van der Waals surface area contributed by atoms with Gasteiger partial charge in [-0.3, -0.25) is 19.0 Å². The van der Waals surface area contributed by atoms with E-state index in [0.717, 1.165) is 0 Å². The maximum absolute atomic E-state index is 13.5. The van der Waals surface area contributed by atoms with E-state index in [9.17, 15) is 14.4 Å². The average Bonchev–Trinajstić information content (AvgIpc) is 2.60. The number of nitrogens with zero attached hydrogens (tertiary/aromatic N) is 2. The molecule has 0 radical (unpaired) electrons. The molecule has 0 spiro atoms. The number of hydrogen-bond acceptors (Lipinski definition) is 5. The first-order chi connectivity index (χ1) is 14.3. The molecule has 1 saturated carbocycles. The first kappa shape index (κ1) is 6.73. The van der Waals surface area contributed by atoms with Crippen molar-refractivity contribution in [2.24, 2.45) is 0 Å². The fourth-order valence-electron chi connectivity index (χ4n) is 2.30. The number of carbonyl (C=O) groups excluding carboxylic acids is 2. The Labute approximate surface area is 141 Å². The molecule has 0 unspecified atom stereocenters. The zero-order valence-corrected chi connectivity index (χ0v) is 11.1. The van der Waals surface area contributed by atoms with E-state index in [-0.39, 0.29) is 15.8 Å². The van der Waals surface area contributed by atoms with Crippen molar-refractivity contribution in [1.82, 2.24) is 9.55 Å². The number of hydrogen-bond donors (Lipinski definition) is 1. The number of ketones is 2. The maximum Gasteiger partial charge on any atom is 0.264 e. The Balaban J connectivity index is 2.71. The Morgan fingerprint density at radius 3 is 2.95 bits per heavy atom. The lowest BCUT2D eigenvalue weighted by molar-refractivity contribution is -0.136. The third-order valence-electron chi connectivity index (χ3n) is 3.37. The van der Waals surface area contributed by atoms with Gasteiger partial charge in [0.05, 0.1) is 17.3 Å². The molecule has 2 aromatic rings. The smallest absolute Gasteiger partial charge is 0.264 e. The highest BCUT2D eigenvalue weighted by Crippen LogP contribution is 2.30. The van der Waals surface area contributed by atoms with Gasteiger partial charge in [0.15, 0.2) is 5.78 Å². The van der Waals surface area contributed by atoms with E-state index in [1.807, 2.05) is 0 Å². The van der Waals surface area contributed by atoms with Crippen molar-refractivity contribution in [2.75, 3.05) is 5.73 Å². The third kappa shape index (κ3) is 1.94. The Morgan fingerprint density at radius 1 is 1.41 bits per heavy atom. The lowest BCUT2D eigenvalue weighted by Crippen LogP contribution is -2.49. The topological polar surface area (TPSA) is 95.0 Å². The van der Waals surface area contributed by atoms with Crippen LogP contribution in [0.5, 0.6) is 0 Å². The van der Waals surface area contributed by atoms with Crippen LogP contribution in [0.3, 0.4) is 0 Å². The molecule has 1 aliphatic carbocycles. The quantitative estimate of drug-likeness (QED) is 0.633. The number of rotatable bonds is 1. The maximum atomic E-state index is 13.5. The van der Waals surface area contributed by atoms with Crippen LogP contribution >= 0.6 is 0 Å². The summed E-state index contributed by atoms with van der Waals surface area (Å²) >= 11 is 0. The molecule has 6 heteroatoms. The zero-order valence-electron chi connectivity index (χ0n) is 21.1. The summed E-state index contributed by atoms with van der Waals surface area (Å²) in [6.07, 6.45) is -8.81. The van der Waals surface area contributed by atoms with Crippen LogP contribution in [-0.2, 0) is 15.1 Å². The number of Topliss-reactive ketones (excluding diaryl/α,β-unsaturated/α-hetero) is 2. The van der Waals surface area contributed by atoms with Crippen molar-refractivity contribution in [3.05, 3.63) is 34.4 Å². The number of fused-ring (bicyclic) bond motifs is 1. The normalized spacial score (nSPS) is 34.7. The van der Waals surface area contributed by atoms with Crippen molar-refractivity contribution in [1.29, 1.82) is 0 Å². The summed E-state index contributed by atoms with van der Waals surface area (Å²) in [6, 6.07) is 3.79. The first-order valence-corrected chi connectivity index (χ1v) is 6.22. The number of aromatic nitrogens is 2. The molecule has 114 valence electrons. The van der Waals surface area contributed by atoms with Crippen LogP contribution < -0.4 is 11.3 Å². The lowest BCUT2D eigenvalue weighted by atomic mass is 9.81. The van der Waals surface area contributed by atoms with Gasteiger partial charge in [0.2, 0.25) is 0 Å². The number of benzene rings is 1. The molecule has 0 amide bonds. The molecule has 22 heavy (non-hydrogen) atoms. The van der Waals surface area contributed by atoms with Crippen LogP contribution in [-0.4, -0.2) is 21.1 Å². The lowest BCUT2D eigenvalue weighted by Gasteiger charge is -2.34. The third-order valence-corrected chi connectivity index (χ3v) is 3.37. The Bertz CT molecular complexity index is 1210. The number of nitrogens with two attached hydrogens (primary N) is 1. The number of aryl methyl sites for hydroxylation is 1. The van der Waals surface area contributed by atoms with Crippen molar-refractivity contribution in [3.63, 3.8) is 0 Å². The van der Waals surface area contributed by atoms with Gasteiger partial charge in [0, 0.05) is 25.8 Å². The van der Waals surface area contributed by atoms with Crippen molar-refractivity contribution < 1.29 is 23.3 Å². The van der Waals surface area contributed by atoms with E-state index < -0.39 is 66.7 Å². The summed E-state index contributed by atoms with van der Waals surface area (Å²) in [4.78, 5) is 42.6. The van der Waals surface area contributed by atoms with Crippen molar-refractivity contribution in [2.45, 2.75) is 38.4 Å². The fraction of sp³-hybridized carbons (Fsp3) is 0.375. The highest BCUT2D eigenvalue weighted by atomic mass is 16.2. The second-order valence-corrected chi connectivity index (χ2v) is 4.80. The molecule has 1 fully saturated rings. The molecule has 2 N–H and O–H groups in total. The number of anilines is 1. The predicted molar refractivity (Wildman–Crippen MR) is 82.7 cm³/mol. The molecule has 0 bridgehead atoms. The molecule has 1 aromatic carbocycles. The summed E-state index contributed by atoms with van der Waals surface area (Å²) in [7, 11) is 0. The monoisotopic (exact) mass is 309 g/mol. The molecule has 0 saturated heterocycles. The van der Waals surface area contributed by atoms with Gasteiger partial charge in [-0.25, -0.2) is 4.98 Å². The summed E-state index contributed by atoms with van der Waals surface area (Å²) in [5, 5.41) is -0.481. The number of nitrogen functional groups attached to an aromatic ring is 1. The Morgan fingerprint density at radius 2 is 2.23 bits per heavy atom. The van der Waals surface area contributed by atoms with Crippen LogP contribution in [0, 0.1) is 6.85 Å². The van der Waals surface area contributed by atoms with Gasteiger partial charge < -0.3 is 5.73 Å². The standard InChI is InChI=1S/C16H17N3O3/c1-9-18-12-5-3-4-11(17)14(12)15(22)19(9)16(2)7-6-10(20)8-13(16)21/h3-5H,6-8,17H2,1-2H3/t16-/m1/s1/i1D3,2D3,6D2,7D2. The van der Waals surface area contributed by atoms with Crippen LogP contribution in [0.1, 0.15) is 45.6 Å². The molecule has 3 rings (SSSR count). The van der Waals surface area contributed by atoms with Crippen LogP contribution in [0.2, 0.25) is 0 Å². The molecule has 0 aliphatic heterocycles. The van der Waals surface area contributed by atoms with Gasteiger partial charge in [-0.15, -0.1) is 0 Å². The largest absolute Gasteiger partial charge is 0.398 e. The van der Waals surface area contributed by atoms with Crippen LogP contribution in [0.25, 0.3) is 10.9 Å².